The third-order valence-electron chi connectivity index (χ3n) is 2.97. The van der Waals surface area contributed by atoms with Gasteiger partial charge in [-0.05, 0) is 36.4 Å². The van der Waals surface area contributed by atoms with Gasteiger partial charge in [-0.15, -0.1) is 0 Å². The average Bonchev–Trinajstić information content (AvgIpc) is 2.99. The van der Waals surface area contributed by atoms with Gasteiger partial charge >= 0.3 is 0 Å². The number of pyridine rings is 1. The molecule has 0 aliphatic rings. The Hall–Kier alpha value is -2.95. The Morgan fingerprint density at radius 1 is 1.14 bits per heavy atom. The van der Waals surface area contributed by atoms with Crippen molar-refractivity contribution in [3.05, 3.63) is 60.4 Å². The van der Waals surface area contributed by atoms with E-state index in [2.05, 4.69) is 15.2 Å². The summed E-state index contributed by atoms with van der Waals surface area (Å²) in [4.78, 5) is 15.3. The molecule has 0 saturated heterocycles. The van der Waals surface area contributed by atoms with E-state index in [0.717, 1.165) is 11.3 Å². The molecule has 3 aromatic rings. The van der Waals surface area contributed by atoms with Crippen molar-refractivity contribution in [3.8, 4) is 22.9 Å². The van der Waals surface area contributed by atoms with Crippen LogP contribution in [0.1, 0.15) is 17.4 Å². The Labute approximate surface area is 121 Å². The molecule has 5 heteroatoms. The fraction of sp³-hybridized carbons (Fsp3) is 0.0625. The minimum Gasteiger partial charge on any atom is -0.439 e. The Morgan fingerprint density at radius 3 is 2.57 bits per heavy atom. The first-order chi connectivity index (χ1) is 10.2. The van der Waals surface area contributed by atoms with E-state index in [1.807, 2.05) is 36.4 Å². The van der Waals surface area contributed by atoms with Crippen LogP contribution in [0, 0.1) is 0 Å². The van der Waals surface area contributed by atoms with Crippen LogP contribution in [0.25, 0.3) is 11.3 Å². The van der Waals surface area contributed by atoms with Crippen LogP contribution >= 0.6 is 0 Å². The predicted octanol–water partition coefficient (Wildman–Crippen LogP) is 3.47. The number of hydrogen-bond donors (Lipinski definition) is 1. The summed E-state index contributed by atoms with van der Waals surface area (Å²) in [5.41, 5.74) is 2.13. The minimum atomic E-state index is -0.0381. The molecule has 21 heavy (non-hydrogen) atoms. The van der Waals surface area contributed by atoms with Gasteiger partial charge in [-0.3, -0.25) is 9.89 Å². The van der Waals surface area contributed by atoms with Crippen molar-refractivity contribution in [1.82, 2.24) is 15.2 Å². The molecule has 1 N–H and O–H groups in total. The molecule has 2 aromatic heterocycles. The Bertz CT molecular complexity index is 749. The van der Waals surface area contributed by atoms with Gasteiger partial charge in [0.2, 0.25) is 5.88 Å². The van der Waals surface area contributed by atoms with E-state index in [1.165, 1.54) is 6.92 Å². The van der Waals surface area contributed by atoms with Gasteiger partial charge in [0.1, 0.15) is 11.4 Å². The second-order valence-electron chi connectivity index (χ2n) is 4.52. The number of H-pyrrole nitrogens is 1. The molecular formula is C16H13N3O2. The van der Waals surface area contributed by atoms with E-state index >= 15 is 0 Å². The zero-order valence-electron chi connectivity index (χ0n) is 11.4. The molecule has 0 spiro atoms. The number of ketones is 1. The fourth-order valence-electron chi connectivity index (χ4n) is 1.87. The van der Waals surface area contributed by atoms with Crippen molar-refractivity contribution >= 4 is 5.78 Å². The van der Waals surface area contributed by atoms with Gasteiger partial charge in [0.05, 0.1) is 5.69 Å². The number of nitrogens with one attached hydrogen (secondary N) is 1. The maximum atomic E-state index is 11.2. The second kappa shape index (κ2) is 5.58. The summed E-state index contributed by atoms with van der Waals surface area (Å²) in [6.07, 6.45) is 1.68. The van der Waals surface area contributed by atoms with Crippen LogP contribution in [-0.4, -0.2) is 21.0 Å². The maximum Gasteiger partial charge on any atom is 0.219 e. The molecule has 104 valence electrons. The molecule has 0 aliphatic carbocycles. The maximum absolute atomic E-state index is 11.2. The molecular weight excluding hydrogens is 266 g/mol. The highest BCUT2D eigenvalue weighted by Crippen LogP contribution is 2.24. The first-order valence-electron chi connectivity index (χ1n) is 6.48. The minimum absolute atomic E-state index is 0.0381. The molecule has 2 heterocycles. The molecule has 0 amide bonds. The van der Waals surface area contributed by atoms with Crippen LogP contribution in [0.2, 0.25) is 0 Å². The summed E-state index contributed by atoms with van der Waals surface area (Å²) >= 11 is 0. The van der Waals surface area contributed by atoms with E-state index in [-0.39, 0.29) is 5.78 Å². The number of carbonyl (C=O) groups excluding carboxylic acids is 1. The van der Waals surface area contributed by atoms with Crippen LogP contribution in [0.15, 0.2) is 54.7 Å². The Morgan fingerprint density at radius 2 is 1.95 bits per heavy atom. The first kappa shape index (κ1) is 13.1. The quantitative estimate of drug-likeness (QED) is 0.742. The lowest BCUT2D eigenvalue weighted by Gasteiger charge is -2.04. The molecule has 0 bridgehead atoms. The third-order valence-corrected chi connectivity index (χ3v) is 2.97. The van der Waals surface area contributed by atoms with Crippen molar-refractivity contribution < 1.29 is 9.53 Å². The third kappa shape index (κ3) is 2.97. The number of rotatable bonds is 4. The standard InChI is InChI=1S/C16H13N3O2/c1-11(20)14-10-15(19-18-14)12-5-7-13(8-6-12)21-16-4-2-3-9-17-16/h2-10H,1H3,(H,18,19). The van der Waals surface area contributed by atoms with Crippen molar-refractivity contribution in [2.24, 2.45) is 0 Å². The lowest BCUT2D eigenvalue weighted by molar-refractivity contribution is 0.101. The number of aromatic nitrogens is 3. The molecule has 3 rings (SSSR count). The number of aromatic amines is 1. The van der Waals surface area contributed by atoms with Gasteiger partial charge in [0.15, 0.2) is 5.78 Å². The van der Waals surface area contributed by atoms with Crippen LogP contribution in [0.3, 0.4) is 0 Å². The molecule has 0 saturated carbocycles. The molecule has 1 aromatic carbocycles. The zero-order chi connectivity index (χ0) is 14.7. The lowest BCUT2D eigenvalue weighted by atomic mass is 10.1. The highest BCUT2D eigenvalue weighted by Gasteiger charge is 2.07. The van der Waals surface area contributed by atoms with Crippen LogP contribution in [-0.2, 0) is 0 Å². The van der Waals surface area contributed by atoms with Crippen LogP contribution < -0.4 is 4.74 Å². The molecule has 5 nitrogen and oxygen atoms in total. The monoisotopic (exact) mass is 279 g/mol. The summed E-state index contributed by atoms with van der Waals surface area (Å²) in [7, 11) is 0. The number of hydrogen-bond acceptors (Lipinski definition) is 4. The van der Waals surface area contributed by atoms with E-state index in [1.54, 1.807) is 18.3 Å². The van der Waals surface area contributed by atoms with E-state index in [0.29, 0.717) is 17.3 Å². The molecule has 0 radical (unpaired) electrons. The van der Waals surface area contributed by atoms with Crippen molar-refractivity contribution in [3.63, 3.8) is 0 Å². The number of ether oxygens (including phenoxy) is 1. The van der Waals surface area contributed by atoms with Crippen LogP contribution in [0.4, 0.5) is 0 Å². The number of carbonyl (C=O) groups is 1. The van der Waals surface area contributed by atoms with Gasteiger partial charge in [-0.2, -0.15) is 5.10 Å². The lowest BCUT2D eigenvalue weighted by Crippen LogP contribution is -1.90. The van der Waals surface area contributed by atoms with Gasteiger partial charge < -0.3 is 4.74 Å². The van der Waals surface area contributed by atoms with Gasteiger partial charge in [-0.1, -0.05) is 6.07 Å². The molecule has 0 unspecified atom stereocenters. The van der Waals surface area contributed by atoms with Crippen molar-refractivity contribution in [2.45, 2.75) is 6.92 Å². The van der Waals surface area contributed by atoms with Crippen LogP contribution in [0.5, 0.6) is 11.6 Å². The fourth-order valence-corrected chi connectivity index (χ4v) is 1.87. The average molecular weight is 279 g/mol. The van der Waals surface area contributed by atoms with Gasteiger partial charge in [-0.25, -0.2) is 4.98 Å². The predicted molar refractivity (Wildman–Crippen MR) is 78.3 cm³/mol. The topological polar surface area (TPSA) is 67.9 Å². The summed E-state index contributed by atoms with van der Waals surface area (Å²) < 4.78 is 5.62. The molecule has 0 atom stereocenters. The summed E-state index contributed by atoms with van der Waals surface area (Å²) in [6, 6.07) is 14.7. The number of Topliss-reactive ketones (excluding diaryl/α,β-unsaturated/α-hetero) is 1. The van der Waals surface area contributed by atoms with Gasteiger partial charge in [0.25, 0.3) is 0 Å². The van der Waals surface area contributed by atoms with E-state index < -0.39 is 0 Å². The molecule has 0 fully saturated rings. The summed E-state index contributed by atoms with van der Waals surface area (Å²) in [5.74, 6) is 1.20. The van der Waals surface area contributed by atoms with Gasteiger partial charge in [0, 0.05) is 24.8 Å². The number of nitrogens with zero attached hydrogens (tertiary/aromatic N) is 2. The summed E-state index contributed by atoms with van der Waals surface area (Å²) in [6.45, 7) is 1.50. The van der Waals surface area contributed by atoms with E-state index in [4.69, 9.17) is 4.74 Å². The first-order valence-corrected chi connectivity index (χ1v) is 6.48. The summed E-state index contributed by atoms with van der Waals surface area (Å²) in [5, 5.41) is 6.84. The van der Waals surface area contributed by atoms with Crippen molar-refractivity contribution in [1.29, 1.82) is 0 Å². The SMILES string of the molecule is CC(=O)c1cc(-c2ccc(Oc3ccccn3)cc2)n[nH]1. The zero-order valence-corrected chi connectivity index (χ0v) is 11.4. The largest absolute Gasteiger partial charge is 0.439 e. The normalized spacial score (nSPS) is 10.3. The highest BCUT2D eigenvalue weighted by molar-refractivity contribution is 5.93. The second-order valence-corrected chi connectivity index (χ2v) is 4.52. The van der Waals surface area contributed by atoms with E-state index in [9.17, 15) is 4.79 Å². The molecule has 0 aliphatic heterocycles. The smallest absolute Gasteiger partial charge is 0.219 e. The Kier molecular flexibility index (Phi) is 3.47. The van der Waals surface area contributed by atoms with Crippen molar-refractivity contribution in [2.75, 3.05) is 0 Å². The highest BCUT2D eigenvalue weighted by atomic mass is 16.5. The Balaban J connectivity index is 1.78. The number of benzene rings is 1.